The summed E-state index contributed by atoms with van der Waals surface area (Å²) in [7, 11) is 0. The molecule has 0 radical (unpaired) electrons. The Kier molecular flexibility index (Phi) is 10.8. The number of anilines is 1. The molecular formula is C28H32Cl2N2O4. The molecule has 0 aliphatic heterocycles. The summed E-state index contributed by atoms with van der Waals surface area (Å²) in [6, 6.07) is 10.9. The van der Waals surface area contributed by atoms with Gasteiger partial charge in [-0.1, -0.05) is 54.2 Å². The third-order valence-electron chi connectivity index (χ3n) is 5.98. The Labute approximate surface area is 222 Å². The summed E-state index contributed by atoms with van der Waals surface area (Å²) in [6.07, 6.45) is 9.34. The molecule has 1 aliphatic rings. The van der Waals surface area contributed by atoms with Crippen molar-refractivity contribution in [2.24, 2.45) is 0 Å². The van der Waals surface area contributed by atoms with Crippen molar-refractivity contribution in [1.82, 2.24) is 5.32 Å². The predicted molar refractivity (Wildman–Crippen MR) is 144 cm³/mol. The van der Waals surface area contributed by atoms with Gasteiger partial charge in [0.15, 0.2) is 0 Å². The fourth-order valence-corrected chi connectivity index (χ4v) is 4.81. The Morgan fingerprint density at radius 3 is 2.44 bits per heavy atom. The van der Waals surface area contributed by atoms with Crippen LogP contribution in [-0.2, 0) is 25.5 Å². The van der Waals surface area contributed by atoms with E-state index in [1.54, 1.807) is 31.2 Å². The van der Waals surface area contributed by atoms with Gasteiger partial charge in [0.25, 0.3) is 0 Å². The van der Waals surface area contributed by atoms with E-state index in [4.69, 9.17) is 27.9 Å². The number of hydrogen-bond donors (Lipinski definition) is 2. The minimum atomic E-state index is -0.278. The first-order valence-electron chi connectivity index (χ1n) is 12.4. The molecule has 0 saturated heterocycles. The number of unbranched alkanes of at least 4 members (excludes halogenated alkanes) is 3. The van der Waals surface area contributed by atoms with E-state index in [0.29, 0.717) is 35.2 Å². The van der Waals surface area contributed by atoms with Crippen molar-refractivity contribution in [3.63, 3.8) is 0 Å². The number of amides is 2. The molecule has 0 spiro atoms. The molecule has 36 heavy (non-hydrogen) atoms. The Morgan fingerprint density at radius 2 is 1.72 bits per heavy atom. The number of halogens is 2. The van der Waals surface area contributed by atoms with E-state index in [2.05, 4.69) is 16.7 Å². The van der Waals surface area contributed by atoms with Crippen molar-refractivity contribution in [3.05, 3.63) is 69.2 Å². The summed E-state index contributed by atoms with van der Waals surface area (Å²) in [4.78, 5) is 36.0. The van der Waals surface area contributed by atoms with E-state index >= 15 is 0 Å². The third-order valence-corrected chi connectivity index (χ3v) is 6.41. The molecule has 2 aromatic carbocycles. The zero-order valence-corrected chi connectivity index (χ0v) is 22.0. The van der Waals surface area contributed by atoms with Crippen molar-refractivity contribution in [2.75, 3.05) is 11.9 Å². The first-order chi connectivity index (χ1) is 17.3. The van der Waals surface area contributed by atoms with E-state index in [1.807, 2.05) is 12.1 Å². The van der Waals surface area contributed by atoms with Crippen LogP contribution in [0.3, 0.4) is 0 Å². The lowest BCUT2D eigenvalue weighted by atomic mass is 10.0. The monoisotopic (exact) mass is 530 g/mol. The smallest absolute Gasteiger partial charge is 0.305 e. The number of fused-ring (bicyclic) bond motifs is 1. The summed E-state index contributed by atoms with van der Waals surface area (Å²) in [6.45, 7) is 2.22. The Hall–Kier alpha value is -2.83. The topological polar surface area (TPSA) is 84.5 Å². The first kappa shape index (κ1) is 27.8. The molecule has 0 aromatic heterocycles. The molecule has 0 bridgehead atoms. The molecule has 192 valence electrons. The normalized spacial score (nSPS) is 14.5. The molecule has 2 amide bonds. The van der Waals surface area contributed by atoms with Crippen LogP contribution in [0.1, 0.15) is 74.6 Å². The van der Waals surface area contributed by atoms with Crippen LogP contribution >= 0.6 is 23.2 Å². The largest absolute Gasteiger partial charge is 0.466 e. The van der Waals surface area contributed by atoms with Gasteiger partial charge in [-0.25, -0.2) is 0 Å². The maximum atomic E-state index is 12.4. The van der Waals surface area contributed by atoms with Crippen molar-refractivity contribution >= 4 is 52.7 Å². The van der Waals surface area contributed by atoms with Crippen LogP contribution in [0.4, 0.5) is 5.69 Å². The summed E-state index contributed by atoms with van der Waals surface area (Å²) in [5.41, 5.74) is 3.77. The van der Waals surface area contributed by atoms with Crippen LogP contribution in [-0.4, -0.2) is 24.4 Å². The molecule has 0 heterocycles. The fraction of sp³-hybridized carbons (Fsp3) is 0.393. The van der Waals surface area contributed by atoms with Crippen molar-refractivity contribution in [3.8, 4) is 0 Å². The molecule has 0 fully saturated rings. The van der Waals surface area contributed by atoms with Crippen LogP contribution in [0, 0.1) is 0 Å². The summed E-state index contributed by atoms with van der Waals surface area (Å²) >= 11 is 11.9. The van der Waals surface area contributed by atoms with Gasteiger partial charge in [-0.15, -0.1) is 0 Å². The second kappa shape index (κ2) is 14.0. The first-order valence-corrected chi connectivity index (χ1v) is 13.1. The van der Waals surface area contributed by atoms with Crippen molar-refractivity contribution < 1.29 is 19.1 Å². The van der Waals surface area contributed by atoms with Gasteiger partial charge in [0.2, 0.25) is 11.8 Å². The molecule has 8 heteroatoms. The molecule has 6 nitrogen and oxygen atoms in total. The minimum absolute atomic E-state index is 0.0187. The third kappa shape index (κ3) is 8.99. The molecule has 2 N–H and O–H groups in total. The molecule has 1 aliphatic carbocycles. The lowest BCUT2D eigenvalue weighted by molar-refractivity contribution is -0.143. The SMILES string of the molecule is CCOC(=O)CCCCCCC(=O)NC1CCc2cc(/C=C/C(=O)Nc3cc(Cl)cc(Cl)c3)ccc21. The Balaban J connectivity index is 1.42. The number of rotatable bonds is 12. The summed E-state index contributed by atoms with van der Waals surface area (Å²) in [5, 5.41) is 6.80. The lowest BCUT2D eigenvalue weighted by Gasteiger charge is -2.14. The number of ether oxygens (including phenoxy) is 1. The van der Waals surface area contributed by atoms with E-state index < -0.39 is 0 Å². The zero-order valence-electron chi connectivity index (χ0n) is 20.4. The Morgan fingerprint density at radius 1 is 1.00 bits per heavy atom. The molecular weight excluding hydrogens is 499 g/mol. The van der Waals surface area contributed by atoms with Gasteiger partial charge in [-0.2, -0.15) is 0 Å². The highest BCUT2D eigenvalue weighted by molar-refractivity contribution is 6.35. The average Bonchev–Trinajstić information content (AvgIpc) is 3.21. The van der Waals surface area contributed by atoms with Gasteiger partial charge >= 0.3 is 5.97 Å². The standard InChI is InChI=1S/C28H32Cl2N2O4/c1-2-36-28(35)8-6-4-3-5-7-26(33)32-25-13-11-20-15-19(9-12-24(20)25)10-14-27(34)31-23-17-21(29)16-22(30)18-23/h9-10,12,14-18,25H,2-8,11,13H2,1H3,(H,31,34)(H,32,33)/b14-10+. The van der Waals surface area contributed by atoms with E-state index in [0.717, 1.165) is 49.7 Å². The maximum absolute atomic E-state index is 12.4. The van der Waals surface area contributed by atoms with Crippen molar-refractivity contribution in [2.45, 2.75) is 64.3 Å². The van der Waals surface area contributed by atoms with Gasteiger partial charge in [-0.3, -0.25) is 14.4 Å². The second-order valence-electron chi connectivity index (χ2n) is 8.82. The molecule has 1 unspecified atom stereocenters. The van der Waals surface area contributed by atoms with Gasteiger partial charge < -0.3 is 15.4 Å². The number of aryl methyl sites for hydroxylation is 1. The maximum Gasteiger partial charge on any atom is 0.305 e. The highest BCUT2D eigenvalue weighted by Crippen LogP contribution is 2.32. The van der Waals surface area contributed by atoms with Crippen LogP contribution in [0.15, 0.2) is 42.5 Å². The number of benzene rings is 2. The zero-order chi connectivity index (χ0) is 25.9. The fourth-order valence-electron chi connectivity index (χ4n) is 4.28. The van der Waals surface area contributed by atoms with Gasteiger partial charge in [0.1, 0.15) is 0 Å². The van der Waals surface area contributed by atoms with E-state index in [9.17, 15) is 14.4 Å². The van der Waals surface area contributed by atoms with Crippen LogP contribution < -0.4 is 10.6 Å². The number of carbonyl (C=O) groups is 3. The lowest BCUT2D eigenvalue weighted by Crippen LogP contribution is -2.26. The number of nitrogens with one attached hydrogen (secondary N) is 2. The molecule has 3 rings (SSSR count). The van der Waals surface area contributed by atoms with Crippen LogP contribution in [0.2, 0.25) is 10.0 Å². The highest BCUT2D eigenvalue weighted by Gasteiger charge is 2.23. The molecule has 1 atom stereocenters. The predicted octanol–water partition coefficient (Wildman–Crippen LogP) is 6.65. The second-order valence-corrected chi connectivity index (χ2v) is 9.69. The number of hydrogen-bond acceptors (Lipinski definition) is 4. The molecule has 2 aromatic rings. The van der Waals surface area contributed by atoms with E-state index in [1.165, 1.54) is 11.6 Å². The summed E-state index contributed by atoms with van der Waals surface area (Å²) < 4.78 is 4.92. The summed E-state index contributed by atoms with van der Waals surface area (Å²) in [5.74, 6) is -0.375. The van der Waals surface area contributed by atoms with Crippen LogP contribution in [0.5, 0.6) is 0 Å². The van der Waals surface area contributed by atoms with Crippen molar-refractivity contribution in [1.29, 1.82) is 0 Å². The quantitative estimate of drug-likeness (QED) is 0.182. The number of esters is 1. The Bertz CT molecular complexity index is 1100. The highest BCUT2D eigenvalue weighted by atomic mass is 35.5. The van der Waals surface area contributed by atoms with Gasteiger partial charge in [0.05, 0.1) is 12.6 Å². The minimum Gasteiger partial charge on any atom is -0.466 e. The van der Waals surface area contributed by atoms with Gasteiger partial charge in [0, 0.05) is 34.7 Å². The van der Waals surface area contributed by atoms with E-state index in [-0.39, 0.29) is 23.8 Å². The van der Waals surface area contributed by atoms with Crippen LogP contribution in [0.25, 0.3) is 6.08 Å². The molecule has 0 saturated carbocycles. The van der Waals surface area contributed by atoms with Gasteiger partial charge in [-0.05, 0) is 73.6 Å². The average molecular weight is 531 g/mol. The number of carbonyl (C=O) groups excluding carboxylic acids is 3.